The molecule has 1 aliphatic rings. The molecule has 0 radical (unpaired) electrons. The van der Waals surface area contributed by atoms with Crippen LogP contribution in [0.15, 0.2) is 48.7 Å². The number of anilines is 4. The van der Waals surface area contributed by atoms with Gasteiger partial charge in [-0.2, -0.15) is 18.2 Å². The normalized spacial score (nSPS) is 12.8. The number of rotatable bonds is 6. The Morgan fingerprint density at radius 2 is 1.97 bits per heavy atom. The molecular formula is C21H17F3N6O2. The smallest absolute Gasteiger partial charge is 0.366 e. The van der Waals surface area contributed by atoms with Gasteiger partial charge >= 0.3 is 6.18 Å². The number of nitrogens with zero attached hydrogens (tertiary/aromatic N) is 2. The van der Waals surface area contributed by atoms with Gasteiger partial charge < -0.3 is 21.7 Å². The zero-order valence-corrected chi connectivity index (χ0v) is 16.5. The second-order valence-electron chi connectivity index (χ2n) is 7.05. The standard InChI is InChI=1S/C21H17F3N6O2/c22-21(23,24)15-10-27-20(28-13-5-6-16-12(7-13)8-17(31)29-16)30-19(15)26-9-11-3-1-2-4-14(11)18(25)32/h1-7,10H,8-9H2,(H2,25,32)(H,29,31)(H2,26,27,28,30). The van der Waals surface area contributed by atoms with Gasteiger partial charge in [-0.15, -0.1) is 0 Å². The molecule has 2 heterocycles. The van der Waals surface area contributed by atoms with E-state index in [1.54, 1.807) is 36.4 Å². The van der Waals surface area contributed by atoms with Crippen molar-refractivity contribution in [3.05, 3.63) is 70.9 Å². The van der Waals surface area contributed by atoms with Crippen molar-refractivity contribution < 1.29 is 22.8 Å². The van der Waals surface area contributed by atoms with Crippen molar-refractivity contribution in [2.45, 2.75) is 19.1 Å². The molecule has 11 heteroatoms. The quantitative estimate of drug-likeness (QED) is 0.464. The Morgan fingerprint density at radius 1 is 1.19 bits per heavy atom. The fraction of sp³-hybridized carbons (Fsp3) is 0.143. The summed E-state index contributed by atoms with van der Waals surface area (Å²) in [5.41, 5.74) is 6.86. The van der Waals surface area contributed by atoms with Crippen LogP contribution in [0.3, 0.4) is 0 Å². The lowest BCUT2D eigenvalue weighted by atomic mass is 10.1. The largest absolute Gasteiger partial charge is 0.421 e. The van der Waals surface area contributed by atoms with Crippen LogP contribution in [0.25, 0.3) is 0 Å². The van der Waals surface area contributed by atoms with Gasteiger partial charge in [0.2, 0.25) is 17.8 Å². The van der Waals surface area contributed by atoms with E-state index in [1.165, 1.54) is 6.07 Å². The molecule has 164 valence electrons. The number of fused-ring (bicyclic) bond motifs is 1. The molecule has 0 saturated carbocycles. The number of benzene rings is 2. The number of hydrogen-bond acceptors (Lipinski definition) is 6. The summed E-state index contributed by atoms with van der Waals surface area (Å²) in [5.74, 6) is -1.34. The fourth-order valence-corrected chi connectivity index (χ4v) is 3.31. The van der Waals surface area contributed by atoms with E-state index >= 15 is 0 Å². The Morgan fingerprint density at radius 3 is 2.72 bits per heavy atom. The van der Waals surface area contributed by atoms with E-state index in [9.17, 15) is 22.8 Å². The Kier molecular flexibility index (Phi) is 5.39. The highest BCUT2D eigenvalue weighted by atomic mass is 19.4. The van der Waals surface area contributed by atoms with E-state index in [-0.39, 0.29) is 30.4 Å². The highest BCUT2D eigenvalue weighted by Gasteiger charge is 2.35. The molecule has 4 rings (SSSR count). The lowest BCUT2D eigenvalue weighted by molar-refractivity contribution is -0.137. The van der Waals surface area contributed by atoms with Gasteiger partial charge in [0, 0.05) is 29.7 Å². The van der Waals surface area contributed by atoms with Gasteiger partial charge in [0.25, 0.3) is 0 Å². The van der Waals surface area contributed by atoms with Crippen molar-refractivity contribution in [1.29, 1.82) is 0 Å². The minimum absolute atomic E-state index is 0.0686. The van der Waals surface area contributed by atoms with Gasteiger partial charge in [-0.05, 0) is 35.4 Å². The zero-order valence-electron chi connectivity index (χ0n) is 16.5. The minimum atomic E-state index is -4.69. The van der Waals surface area contributed by atoms with Crippen molar-refractivity contribution in [2.24, 2.45) is 5.73 Å². The van der Waals surface area contributed by atoms with Gasteiger partial charge in [0.15, 0.2) is 0 Å². The average Bonchev–Trinajstić information content (AvgIpc) is 3.11. The van der Waals surface area contributed by atoms with Crippen LogP contribution < -0.4 is 21.7 Å². The fourth-order valence-electron chi connectivity index (χ4n) is 3.31. The number of nitrogens with two attached hydrogens (primary N) is 1. The summed E-state index contributed by atoms with van der Waals surface area (Å²) in [6.45, 7) is -0.106. The molecule has 3 aromatic rings. The molecule has 5 N–H and O–H groups in total. The van der Waals surface area contributed by atoms with Crippen molar-refractivity contribution in [2.75, 3.05) is 16.0 Å². The van der Waals surface area contributed by atoms with E-state index in [0.717, 1.165) is 5.56 Å². The van der Waals surface area contributed by atoms with Crippen LogP contribution in [-0.2, 0) is 23.9 Å². The number of aromatic nitrogens is 2. The van der Waals surface area contributed by atoms with Crippen LogP contribution in [0.1, 0.15) is 27.0 Å². The summed E-state index contributed by atoms with van der Waals surface area (Å²) in [6.07, 6.45) is -3.80. The van der Waals surface area contributed by atoms with Crippen LogP contribution >= 0.6 is 0 Å². The molecule has 0 spiro atoms. The van der Waals surface area contributed by atoms with E-state index in [4.69, 9.17) is 5.73 Å². The van der Waals surface area contributed by atoms with Crippen LogP contribution in [-0.4, -0.2) is 21.8 Å². The van der Waals surface area contributed by atoms with Crippen LogP contribution in [0.2, 0.25) is 0 Å². The highest BCUT2D eigenvalue weighted by Crippen LogP contribution is 2.34. The maximum Gasteiger partial charge on any atom is 0.421 e. The summed E-state index contributed by atoms with van der Waals surface area (Å²) in [6, 6.07) is 11.4. The third kappa shape index (κ3) is 4.46. The van der Waals surface area contributed by atoms with Crippen LogP contribution in [0.5, 0.6) is 0 Å². The van der Waals surface area contributed by atoms with E-state index in [1.807, 2.05) is 0 Å². The number of carbonyl (C=O) groups is 2. The molecule has 0 unspecified atom stereocenters. The predicted molar refractivity (Wildman–Crippen MR) is 111 cm³/mol. The average molecular weight is 442 g/mol. The molecule has 1 aliphatic heterocycles. The molecule has 2 amide bonds. The maximum absolute atomic E-state index is 13.5. The van der Waals surface area contributed by atoms with E-state index in [0.29, 0.717) is 23.1 Å². The van der Waals surface area contributed by atoms with Crippen LogP contribution in [0.4, 0.5) is 36.3 Å². The first-order chi connectivity index (χ1) is 15.2. The summed E-state index contributed by atoms with van der Waals surface area (Å²) < 4.78 is 40.4. The molecule has 0 aliphatic carbocycles. The lowest BCUT2D eigenvalue weighted by Gasteiger charge is -2.16. The number of nitrogens with one attached hydrogen (secondary N) is 3. The molecule has 1 aromatic heterocycles. The summed E-state index contributed by atoms with van der Waals surface area (Å²) in [5, 5.41) is 8.18. The Labute approximate surface area is 180 Å². The van der Waals surface area contributed by atoms with Crippen molar-refractivity contribution in [3.63, 3.8) is 0 Å². The molecule has 0 fully saturated rings. The molecule has 0 bridgehead atoms. The van der Waals surface area contributed by atoms with Crippen molar-refractivity contribution in [1.82, 2.24) is 9.97 Å². The first-order valence-corrected chi connectivity index (χ1v) is 9.46. The Bertz CT molecular complexity index is 1210. The van der Waals surface area contributed by atoms with Gasteiger partial charge in [0.05, 0.1) is 6.42 Å². The van der Waals surface area contributed by atoms with E-state index < -0.39 is 23.5 Å². The SMILES string of the molecule is NC(=O)c1ccccc1CNc1nc(Nc2ccc3c(c2)CC(=O)N3)ncc1C(F)(F)F. The maximum atomic E-state index is 13.5. The monoisotopic (exact) mass is 442 g/mol. The van der Waals surface area contributed by atoms with Crippen molar-refractivity contribution >= 4 is 35.0 Å². The first-order valence-electron chi connectivity index (χ1n) is 9.46. The van der Waals surface area contributed by atoms with Gasteiger partial charge in [-0.3, -0.25) is 9.59 Å². The van der Waals surface area contributed by atoms with Gasteiger partial charge in [0.1, 0.15) is 11.4 Å². The van der Waals surface area contributed by atoms with Crippen molar-refractivity contribution in [3.8, 4) is 0 Å². The number of halogens is 3. The second-order valence-corrected chi connectivity index (χ2v) is 7.05. The number of alkyl halides is 3. The summed E-state index contributed by atoms with van der Waals surface area (Å²) in [7, 11) is 0. The van der Waals surface area contributed by atoms with Crippen LogP contribution in [0, 0.1) is 0 Å². The number of hydrogen-bond donors (Lipinski definition) is 4. The number of primary amides is 1. The van der Waals surface area contributed by atoms with Gasteiger partial charge in [-0.1, -0.05) is 18.2 Å². The molecule has 8 nitrogen and oxygen atoms in total. The molecular weight excluding hydrogens is 425 g/mol. The highest BCUT2D eigenvalue weighted by molar-refractivity contribution is 5.99. The third-order valence-electron chi connectivity index (χ3n) is 4.81. The number of carbonyl (C=O) groups excluding carboxylic acids is 2. The molecule has 0 atom stereocenters. The Balaban J connectivity index is 1.60. The topological polar surface area (TPSA) is 122 Å². The van der Waals surface area contributed by atoms with E-state index in [2.05, 4.69) is 25.9 Å². The first kappa shape index (κ1) is 21.1. The number of amides is 2. The predicted octanol–water partition coefficient (Wildman–Crippen LogP) is 3.44. The third-order valence-corrected chi connectivity index (χ3v) is 4.81. The molecule has 32 heavy (non-hydrogen) atoms. The molecule has 2 aromatic carbocycles. The lowest BCUT2D eigenvalue weighted by Crippen LogP contribution is -2.17. The Hall–Kier alpha value is -4.15. The van der Waals surface area contributed by atoms with Gasteiger partial charge in [-0.25, -0.2) is 4.98 Å². The zero-order chi connectivity index (χ0) is 22.9. The summed E-state index contributed by atoms with van der Waals surface area (Å²) in [4.78, 5) is 30.8. The molecule has 0 saturated heterocycles. The second kappa shape index (κ2) is 8.17. The summed E-state index contributed by atoms with van der Waals surface area (Å²) >= 11 is 0. The minimum Gasteiger partial charge on any atom is -0.366 e.